The zero-order valence-corrected chi connectivity index (χ0v) is 7.47. The quantitative estimate of drug-likeness (QED) is 0.779. The summed E-state index contributed by atoms with van der Waals surface area (Å²) in [6.45, 7) is 0. The maximum Gasteiger partial charge on any atom is 0.127 e. The summed E-state index contributed by atoms with van der Waals surface area (Å²) in [6, 6.07) is 16.7. The molecule has 0 bridgehead atoms. The van der Waals surface area contributed by atoms with Crippen LogP contribution in [0.2, 0.25) is 0 Å². The molecule has 0 amide bonds. The molecule has 0 heterocycles. The van der Waals surface area contributed by atoms with Gasteiger partial charge in [-0.2, -0.15) is 0 Å². The van der Waals surface area contributed by atoms with Crippen LogP contribution >= 0.6 is 0 Å². The first-order chi connectivity index (χ1) is 6.84. The summed E-state index contributed by atoms with van der Waals surface area (Å²) in [6.07, 6.45) is 0. The van der Waals surface area contributed by atoms with Crippen LogP contribution in [0.3, 0.4) is 0 Å². The van der Waals surface area contributed by atoms with Gasteiger partial charge < -0.3 is 9.84 Å². The first-order valence-electron chi connectivity index (χ1n) is 4.27. The Kier molecular flexibility index (Phi) is 2.36. The summed E-state index contributed by atoms with van der Waals surface area (Å²) in [4.78, 5) is 0. The molecule has 0 aromatic heterocycles. The zero-order chi connectivity index (χ0) is 9.80. The summed E-state index contributed by atoms with van der Waals surface area (Å²) in [5.41, 5.74) is 0. The third-order valence-electron chi connectivity index (χ3n) is 1.76. The van der Waals surface area contributed by atoms with Gasteiger partial charge in [0.2, 0.25) is 0 Å². The maximum atomic E-state index is 9.06. The Bertz CT molecular complexity index is 392. The molecule has 0 aliphatic heterocycles. The predicted molar refractivity (Wildman–Crippen MR) is 53.5 cm³/mol. The van der Waals surface area contributed by atoms with E-state index in [0.29, 0.717) is 5.75 Å². The lowest BCUT2D eigenvalue weighted by Crippen LogP contribution is -1.82. The largest absolute Gasteiger partial charge is 0.508 e. The molecule has 1 radical (unpaired) electrons. The molecule has 2 nitrogen and oxygen atoms in total. The van der Waals surface area contributed by atoms with E-state index in [4.69, 9.17) is 9.84 Å². The van der Waals surface area contributed by atoms with Crippen molar-refractivity contribution in [3.05, 3.63) is 54.6 Å². The fourth-order valence-corrected chi connectivity index (χ4v) is 1.09. The van der Waals surface area contributed by atoms with Gasteiger partial charge in [0.05, 0.1) is 0 Å². The van der Waals surface area contributed by atoms with E-state index in [1.54, 1.807) is 36.4 Å². The molecule has 0 saturated heterocycles. The normalized spacial score (nSPS) is 9.71. The molecule has 0 atom stereocenters. The number of phenolic OH excluding ortho intramolecular Hbond substituents is 1. The molecular weight excluding hydrogens is 176 g/mol. The van der Waals surface area contributed by atoms with Crippen LogP contribution in [0.15, 0.2) is 48.5 Å². The van der Waals surface area contributed by atoms with Gasteiger partial charge in [0.1, 0.15) is 17.2 Å². The molecular formula is C12H9O2. The van der Waals surface area contributed by atoms with Gasteiger partial charge >= 0.3 is 0 Å². The zero-order valence-electron chi connectivity index (χ0n) is 7.47. The summed E-state index contributed by atoms with van der Waals surface area (Å²) in [5.74, 6) is 1.70. The molecule has 0 aliphatic rings. The van der Waals surface area contributed by atoms with Gasteiger partial charge in [-0.15, -0.1) is 0 Å². The molecule has 2 rings (SSSR count). The summed E-state index contributed by atoms with van der Waals surface area (Å²) in [7, 11) is 0. The van der Waals surface area contributed by atoms with Gasteiger partial charge in [-0.3, -0.25) is 0 Å². The van der Waals surface area contributed by atoms with Gasteiger partial charge in [0.15, 0.2) is 0 Å². The number of phenols is 1. The monoisotopic (exact) mass is 185 g/mol. The van der Waals surface area contributed by atoms with Gasteiger partial charge in [-0.25, -0.2) is 0 Å². The Labute approximate surface area is 82.4 Å². The summed E-state index contributed by atoms with van der Waals surface area (Å²) >= 11 is 0. The highest BCUT2D eigenvalue weighted by atomic mass is 16.5. The van der Waals surface area contributed by atoms with Gasteiger partial charge in [-0.1, -0.05) is 12.1 Å². The molecule has 0 spiro atoms. The average molecular weight is 185 g/mol. The number of rotatable bonds is 2. The number of hydrogen-bond donors (Lipinski definition) is 1. The van der Waals surface area contributed by atoms with Gasteiger partial charge in [0, 0.05) is 0 Å². The average Bonchev–Trinajstić information content (AvgIpc) is 2.23. The van der Waals surface area contributed by atoms with Crippen LogP contribution in [0.25, 0.3) is 0 Å². The molecule has 0 fully saturated rings. The second kappa shape index (κ2) is 3.83. The van der Waals surface area contributed by atoms with E-state index in [2.05, 4.69) is 6.07 Å². The van der Waals surface area contributed by atoms with Crippen LogP contribution in [-0.2, 0) is 0 Å². The van der Waals surface area contributed by atoms with Crippen LogP contribution in [0.5, 0.6) is 17.2 Å². The summed E-state index contributed by atoms with van der Waals surface area (Å²) in [5, 5.41) is 9.06. The maximum absolute atomic E-state index is 9.06. The number of hydrogen-bond acceptors (Lipinski definition) is 2. The second-order valence-corrected chi connectivity index (χ2v) is 2.83. The Morgan fingerprint density at radius 2 is 1.43 bits per heavy atom. The minimum atomic E-state index is 0.235. The highest BCUT2D eigenvalue weighted by Gasteiger charge is 1.95. The number of aromatic hydroxyl groups is 1. The van der Waals surface area contributed by atoms with E-state index in [1.165, 1.54) is 0 Å². The van der Waals surface area contributed by atoms with Crippen molar-refractivity contribution in [3.63, 3.8) is 0 Å². The van der Waals surface area contributed by atoms with Crippen molar-refractivity contribution < 1.29 is 9.84 Å². The smallest absolute Gasteiger partial charge is 0.127 e. The first-order valence-corrected chi connectivity index (χ1v) is 4.27. The van der Waals surface area contributed by atoms with Crippen LogP contribution in [-0.4, -0.2) is 5.11 Å². The van der Waals surface area contributed by atoms with E-state index in [-0.39, 0.29) is 5.75 Å². The van der Waals surface area contributed by atoms with Crippen LogP contribution in [0.1, 0.15) is 0 Å². The molecule has 2 aromatic rings. The van der Waals surface area contributed by atoms with E-state index in [9.17, 15) is 0 Å². The van der Waals surface area contributed by atoms with Crippen LogP contribution < -0.4 is 4.74 Å². The molecule has 0 unspecified atom stereocenters. The fourth-order valence-electron chi connectivity index (χ4n) is 1.09. The molecule has 1 N–H and O–H groups in total. The molecule has 2 aromatic carbocycles. The van der Waals surface area contributed by atoms with Crippen molar-refractivity contribution in [2.75, 3.05) is 0 Å². The van der Waals surface area contributed by atoms with E-state index in [0.717, 1.165) is 5.75 Å². The molecule has 14 heavy (non-hydrogen) atoms. The first kappa shape index (κ1) is 8.63. The Morgan fingerprint density at radius 1 is 0.857 bits per heavy atom. The van der Waals surface area contributed by atoms with Gasteiger partial charge in [0.25, 0.3) is 0 Å². The van der Waals surface area contributed by atoms with Crippen LogP contribution in [0, 0.1) is 6.07 Å². The second-order valence-electron chi connectivity index (χ2n) is 2.83. The molecule has 69 valence electrons. The van der Waals surface area contributed by atoms with Gasteiger partial charge in [-0.05, 0) is 42.5 Å². The highest BCUT2D eigenvalue weighted by Crippen LogP contribution is 2.22. The fraction of sp³-hybridized carbons (Fsp3) is 0. The lowest BCUT2D eigenvalue weighted by Gasteiger charge is -2.04. The lowest BCUT2D eigenvalue weighted by atomic mass is 10.3. The number of ether oxygens (including phenoxy) is 1. The summed E-state index contributed by atoms with van der Waals surface area (Å²) < 4.78 is 5.50. The standard InChI is InChI=1S/C12H9O2/c13-10-6-8-12(9-7-10)14-11-4-2-1-3-5-11/h2-9,13H. The Hall–Kier alpha value is -1.96. The minimum Gasteiger partial charge on any atom is -0.508 e. The minimum absolute atomic E-state index is 0.235. The van der Waals surface area contributed by atoms with Crippen molar-refractivity contribution in [3.8, 4) is 17.2 Å². The predicted octanol–water partition coefficient (Wildman–Crippen LogP) is 2.98. The Morgan fingerprint density at radius 3 is 2.07 bits per heavy atom. The topological polar surface area (TPSA) is 29.5 Å². The van der Waals surface area contributed by atoms with Crippen molar-refractivity contribution >= 4 is 0 Å². The van der Waals surface area contributed by atoms with E-state index in [1.807, 2.05) is 12.1 Å². The Balaban J connectivity index is 2.16. The number of benzene rings is 2. The molecule has 0 saturated carbocycles. The third-order valence-corrected chi connectivity index (χ3v) is 1.76. The van der Waals surface area contributed by atoms with E-state index >= 15 is 0 Å². The molecule has 0 aliphatic carbocycles. The van der Waals surface area contributed by atoms with Crippen molar-refractivity contribution in [2.24, 2.45) is 0 Å². The van der Waals surface area contributed by atoms with Crippen molar-refractivity contribution in [1.82, 2.24) is 0 Å². The third kappa shape index (κ3) is 2.04. The van der Waals surface area contributed by atoms with Crippen molar-refractivity contribution in [1.29, 1.82) is 0 Å². The van der Waals surface area contributed by atoms with E-state index < -0.39 is 0 Å². The van der Waals surface area contributed by atoms with Crippen LogP contribution in [0.4, 0.5) is 0 Å². The SMILES string of the molecule is Oc1ccc(Oc2cc[c]cc2)cc1. The lowest BCUT2D eigenvalue weighted by molar-refractivity contribution is 0.464. The highest BCUT2D eigenvalue weighted by molar-refractivity contribution is 5.34. The van der Waals surface area contributed by atoms with Crippen molar-refractivity contribution in [2.45, 2.75) is 0 Å². The molecule has 2 heteroatoms.